The minimum atomic E-state index is -4.69. The molecule has 1 fully saturated rings. The van der Waals surface area contributed by atoms with Crippen molar-refractivity contribution in [3.63, 3.8) is 0 Å². The Hall–Kier alpha value is -1.18. The molecule has 1 heterocycles. The first-order valence-corrected chi connectivity index (χ1v) is 8.78. The molecule has 2 aromatic rings. The molecule has 0 amide bonds. The molecular formula is C19H22Cl3F3N2O. The number of hydrogen-bond donors (Lipinski definition) is 1. The maximum atomic E-state index is 12.4. The summed E-state index contributed by atoms with van der Waals surface area (Å²) in [4.78, 5) is 2.33. The van der Waals surface area contributed by atoms with Crippen molar-refractivity contribution in [2.45, 2.75) is 19.3 Å². The minimum absolute atomic E-state index is 0. The highest BCUT2D eigenvalue weighted by molar-refractivity contribution is 6.30. The predicted molar refractivity (Wildman–Crippen MR) is 110 cm³/mol. The number of nitrogens with zero attached hydrogens (tertiary/aromatic N) is 1. The van der Waals surface area contributed by atoms with Gasteiger partial charge in [0.1, 0.15) is 5.75 Å². The number of hydrogen-bond acceptors (Lipinski definition) is 3. The number of aryl methyl sites for hydroxylation is 1. The van der Waals surface area contributed by atoms with Crippen LogP contribution in [-0.2, 0) is 0 Å². The van der Waals surface area contributed by atoms with E-state index in [9.17, 15) is 13.2 Å². The van der Waals surface area contributed by atoms with Gasteiger partial charge in [0.2, 0.25) is 0 Å². The first kappa shape index (κ1) is 24.9. The Labute approximate surface area is 180 Å². The number of ether oxygens (including phenoxy) is 1. The highest BCUT2D eigenvalue weighted by Gasteiger charge is 2.31. The third-order valence-corrected chi connectivity index (χ3v) is 4.71. The monoisotopic (exact) mass is 456 g/mol. The number of nitrogens with one attached hydrogen (secondary N) is 1. The molecule has 0 unspecified atom stereocenters. The Morgan fingerprint density at radius 1 is 1.04 bits per heavy atom. The molecule has 0 spiro atoms. The molecule has 1 aliphatic heterocycles. The molecule has 0 aliphatic carbocycles. The second-order valence-electron chi connectivity index (χ2n) is 6.31. The Morgan fingerprint density at radius 3 is 2.18 bits per heavy atom. The van der Waals surface area contributed by atoms with E-state index in [0.29, 0.717) is 5.02 Å². The van der Waals surface area contributed by atoms with Crippen LogP contribution in [0.25, 0.3) is 0 Å². The zero-order valence-corrected chi connectivity index (χ0v) is 17.5. The molecule has 1 saturated heterocycles. The molecule has 9 heteroatoms. The summed E-state index contributed by atoms with van der Waals surface area (Å²) < 4.78 is 41.2. The van der Waals surface area contributed by atoms with E-state index < -0.39 is 6.36 Å². The van der Waals surface area contributed by atoms with Crippen LogP contribution in [0.5, 0.6) is 5.75 Å². The Bertz CT molecular complexity index is 751. The average Bonchev–Trinajstić information content (AvgIpc) is 2.58. The molecule has 3 nitrogen and oxygen atoms in total. The van der Waals surface area contributed by atoms with Crippen LogP contribution in [0, 0.1) is 6.92 Å². The van der Waals surface area contributed by atoms with Crippen molar-refractivity contribution in [2.75, 3.05) is 26.2 Å². The lowest BCUT2D eigenvalue weighted by molar-refractivity contribution is -0.274. The first-order chi connectivity index (χ1) is 12.3. The van der Waals surface area contributed by atoms with E-state index in [-0.39, 0.29) is 36.6 Å². The summed E-state index contributed by atoms with van der Waals surface area (Å²) in [6.07, 6.45) is -4.69. The first-order valence-electron chi connectivity index (χ1n) is 8.40. The van der Waals surface area contributed by atoms with Crippen LogP contribution < -0.4 is 10.1 Å². The zero-order valence-electron chi connectivity index (χ0n) is 15.1. The van der Waals surface area contributed by atoms with Gasteiger partial charge in [-0.2, -0.15) is 0 Å². The number of alkyl halides is 3. The summed E-state index contributed by atoms with van der Waals surface area (Å²) in [5.74, 6) is -0.215. The summed E-state index contributed by atoms with van der Waals surface area (Å²) in [7, 11) is 0. The fraction of sp³-hybridized carbons (Fsp3) is 0.368. The molecule has 28 heavy (non-hydrogen) atoms. The van der Waals surface area contributed by atoms with Gasteiger partial charge in [-0.1, -0.05) is 29.8 Å². The topological polar surface area (TPSA) is 24.5 Å². The number of piperazine rings is 1. The summed E-state index contributed by atoms with van der Waals surface area (Å²) >= 11 is 6.09. The number of benzene rings is 2. The van der Waals surface area contributed by atoms with E-state index >= 15 is 0 Å². The van der Waals surface area contributed by atoms with Crippen molar-refractivity contribution < 1.29 is 17.9 Å². The van der Waals surface area contributed by atoms with E-state index in [1.165, 1.54) is 12.1 Å². The van der Waals surface area contributed by atoms with Crippen LogP contribution in [-0.4, -0.2) is 37.4 Å². The predicted octanol–water partition coefficient (Wildman–Crippen LogP) is 5.39. The number of halogens is 6. The second-order valence-corrected chi connectivity index (χ2v) is 6.74. The van der Waals surface area contributed by atoms with Gasteiger partial charge in [-0.3, -0.25) is 4.90 Å². The highest BCUT2D eigenvalue weighted by Crippen LogP contribution is 2.34. The zero-order chi connectivity index (χ0) is 18.7. The van der Waals surface area contributed by atoms with Gasteiger partial charge in [-0.05, 0) is 47.9 Å². The lowest BCUT2D eigenvalue weighted by atomic mass is 9.93. The van der Waals surface area contributed by atoms with E-state index in [2.05, 4.69) is 15.0 Å². The molecule has 1 N–H and O–H groups in total. The molecule has 1 atom stereocenters. The Balaban J connectivity index is 0.00000196. The molecule has 0 bridgehead atoms. The van der Waals surface area contributed by atoms with Gasteiger partial charge in [-0.25, -0.2) is 0 Å². The summed E-state index contributed by atoms with van der Waals surface area (Å²) in [6.45, 7) is 5.45. The van der Waals surface area contributed by atoms with Crippen LogP contribution in [0.4, 0.5) is 13.2 Å². The van der Waals surface area contributed by atoms with Crippen molar-refractivity contribution in [3.8, 4) is 5.75 Å². The lowest BCUT2D eigenvalue weighted by Gasteiger charge is -2.36. The molecule has 0 saturated carbocycles. The van der Waals surface area contributed by atoms with Gasteiger partial charge in [0.05, 0.1) is 6.04 Å². The van der Waals surface area contributed by atoms with Gasteiger partial charge >= 0.3 is 6.36 Å². The van der Waals surface area contributed by atoms with Crippen LogP contribution in [0.3, 0.4) is 0 Å². The average molecular weight is 458 g/mol. The largest absolute Gasteiger partial charge is 0.573 e. The standard InChI is InChI=1S/C19H20ClF3N2O.2ClH/c1-13-12-15(20)4-7-17(13)18(25-10-8-24-9-11-25)14-2-5-16(6-3-14)26-19(21,22)23;;/h2-7,12,18,24H,8-11H2,1H3;2*1H/t18-;;/m0../s1. The highest BCUT2D eigenvalue weighted by atomic mass is 35.5. The summed E-state index contributed by atoms with van der Waals surface area (Å²) in [6, 6.07) is 11.8. The van der Waals surface area contributed by atoms with Crippen LogP contribution in [0.2, 0.25) is 5.02 Å². The van der Waals surface area contributed by atoms with Crippen molar-refractivity contribution in [1.29, 1.82) is 0 Å². The second kappa shape index (κ2) is 10.6. The normalized spacial score (nSPS) is 15.9. The fourth-order valence-corrected chi connectivity index (χ4v) is 3.55. The number of rotatable bonds is 4. The van der Waals surface area contributed by atoms with E-state index in [0.717, 1.165) is 42.9 Å². The van der Waals surface area contributed by atoms with Crippen LogP contribution >= 0.6 is 36.4 Å². The molecule has 0 radical (unpaired) electrons. The fourth-order valence-electron chi connectivity index (χ4n) is 3.33. The summed E-state index contributed by atoms with van der Waals surface area (Å²) in [5.41, 5.74) is 3.07. The molecule has 1 aliphatic rings. The van der Waals surface area contributed by atoms with Crippen LogP contribution in [0.15, 0.2) is 42.5 Å². The van der Waals surface area contributed by atoms with Crippen molar-refractivity contribution >= 4 is 36.4 Å². The van der Waals surface area contributed by atoms with Gasteiger partial charge < -0.3 is 10.1 Å². The van der Waals surface area contributed by atoms with E-state index in [1.54, 1.807) is 12.1 Å². The third-order valence-electron chi connectivity index (χ3n) is 4.47. The maximum Gasteiger partial charge on any atom is 0.573 e. The molecular weight excluding hydrogens is 436 g/mol. The van der Waals surface area contributed by atoms with Crippen molar-refractivity contribution in [1.82, 2.24) is 10.2 Å². The minimum Gasteiger partial charge on any atom is -0.406 e. The lowest BCUT2D eigenvalue weighted by Crippen LogP contribution is -2.45. The Morgan fingerprint density at radius 2 is 1.64 bits per heavy atom. The molecule has 3 rings (SSSR count). The molecule has 156 valence electrons. The van der Waals surface area contributed by atoms with E-state index in [4.69, 9.17) is 11.6 Å². The van der Waals surface area contributed by atoms with Crippen molar-refractivity contribution in [3.05, 3.63) is 64.2 Å². The van der Waals surface area contributed by atoms with Gasteiger partial charge in [0.15, 0.2) is 0 Å². The Kier molecular flexibility index (Phi) is 9.37. The molecule has 0 aromatic heterocycles. The van der Waals surface area contributed by atoms with Gasteiger partial charge in [-0.15, -0.1) is 38.0 Å². The maximum absolute atomic E-state index is 12.4. The SMILES string of the molecule is Cc1cc(Cl)ccc1[C@H](c1ccc(OC(F)(F)F)cc1)N1CCNCC1.Cl.Cl. The van der Waals surface area contributed by atoms with Crippen LogP contribution in [0.1, 0.15) is 22.7 Å². The smallest absolute Gasteiger partial charge is 0.406 e. The van der Waals surface area contributed by atoms with E-state index in [1.807, 2.05) is 25.1 Å². The van der Waals surface area contributed by atoms with Gasteiger partial charge in [0.25, 0.3) is 0 Å². The third kappa shape index (κ3) is 6.42. The summed E-state index contributed by atoms with van der Waals surface area (Å²) in [5, 5.41) is 3.99. The van der Waals surface area contributed by atoms with Crippen molar-refractivity contribution in [2.24, 2.45) is 0 Å². The van der Waals surface area contributed by atoms with Gasteiger partial charge in [0, 0.05) is 31.2 Å². The quantitative estimate of drug-likeness (QED) is 0.667. The molecule has 2 aromatic carbocycles.